The van der Waals surface area contributed by atoms with Crippen LogP contribution in [0.15, 0.2) is 24.3 Å². The minimum Gasteiger partial charge on any atom is -0.327 e. The lowest BCUT2D eigenvalue weighted by Crippen LogP contribution is -2.45. The van der Waals surface area contributed by atoms with Gasteiger partial charge >= 0.3 is 6.18 Å². The van der Waals surface area contributed by atoms with Gasteiger partial charge in [-0.1, -0.05) is 26.0 Å². The third-order valence-electron chi connectivity index (χ3n) is 3.32. The fourth-order valence-corrected chi connectivity index (χ4v) is 2.41. The molecule has 21 heavy (non-hydrogen) atoms. The van der Waals surface area contributed by atoms with Crippen LogP contribution in [0.2, 0.25) is 0 Å². The van der Waals surface area contributed by atoms with Gasteiger partial charge in [0.15, 0.2) is 0 Å². The highest BCUT2D eigenvalue weighted by molar-refractivity contribution is 6.17. The van der Waals surface area contributed by atoms with Gasteiger partial charge in [-0.2, -0.15) is 13.2 Å². The molecule has 1 aromatic carbocycles. The predicted octanol–water partition coefficient (Wildman–Crippen LogP) is 4.62. The lowest BCUT2D eigenvalue weighted by Gasteiger charge is -2.31. The van der Waals surface area contributed by atoms with Crippen LogP contribution in [-0.2, 0) is 5.88 Å². The van der Waals surface area contributed by atoms with Crippen molar-refractivity contribution in [3.63, 3.8) is 0 Å². The molecule has 0 saturated carbocycles. The third-order valence-corrected chi connectivity index (χ3v) is 3.63. The van der Waals surface area contributed by atoms with Crippen LogP contribution in [-0.4, -0.2) is 29.6 Å². The van der Waals surface area contributed by atoms with Gasteiger partial charge in [0.2, 0.25) is 0 Å². The van der Waals surface area contributed by atoms with Gasteiger partial charge in [0.05, 0.1) is 0 Å². The van der Waals surface area contributed by atoms with Crippen LogP contribution >= 0.6 is 11.6 Å². The summed E-state index contributed by atoms with van der Waals surface area (Å²) in [6, 6.07) is 5.99. The molecule has 1 aromatic rings. The van der Waals surface area contributed by atoms with Gasteiger partial charge in [0, 0.05) is 17.5 Å². The normalized spacial score (nSPS) is 11.8. The van der Waals surface area contributed by atoms with Gasteiger partial charge in [0.25, 0.3) is 5.91 Å². The van der Waals surface area contributed by atoms with E-state index in [9.17, 15) is 18.0 Å². The molecule has 0 aliphatic carbocycles. The Morgan fingerprint density at radius 2 is 1.90 bits per heavy atom. The summed E-state index contributed by atoms with van der Waals surface area (Å²) < 4.78 is 38.2. The van der Waals surface area contributed by atoms with Crippen LogP contribution < -0.4 is 0 Å². The fraction of sp³-hybridized carbons (Fsp3) is 0.533. The highest BCUT2D eigenvalue weighted by Crippen LogP contribution is 2.23. The molecule has 0 N–H and O–H groups in total. The molecule has 0 bridgehead atoms. The van der Waals surface area contributed by atoms with E-state index in [4.69, 9.17) is 11.6 Å². The summed E-state index contributed by atoms with van der Waals surface area (Å²) in [5.41, 5.74) is 0.948. The SMILES string of the molecule is CCC(CC)N(CC(F)(F)F)C(=O)c1cccc(CCl)c1. The summed E-state index contributed by atoms with van der Waals surface area (Å²) in [7, 11) is 0. The second-order valence-electron chi connectivity index (χ2n) is 4.85. The van der Waals surface area contributed by atoms with Crippen LogP contribution in [0.25, 0.3) is 0 Å². The van der Waals surface area contributed by atoms with E-state index in [1.165, 1.54) is 6.07 Å². The first-order valence-electron chi connectivity index (χ1n) is 6.85. The first kappa shape index (κ1) is 17.8. The topological polar surface area (TPSA) is 20.3 Å². The Balaban J connectivity index is 3.08. The van der Waals surface area contributed by atoms with E-state index in [0.717, 1.165) is 4.90 Å². The number of hydrogen-bond donors (Lipinski definition) is 0. The number of nitrogens with zero attached hydrogens (tertiary/aromatic N) is 1. The molecule has 6 heteroatoms. The second-order valence-corrected chi connectivity index (χ2v) is 5.12. The molecular formula is C15H19ClF3NO. The molecule has 0 radical (unpaired) electrons. The minimum atomic E-state index is -4.41. The summed E-state index contributed by atoms with van der Waals surface area (Å²) in [6.45, 7) is 2.32. The number of hydrogen-bond acceptors (Lipinski definition) is 1. The molecule has 0 atom stereocenters. The average molecular weight is 322 g/mol. The molecule has 2 nitrogen and oxygen atoms in total. The molecule has 0 aliphatic heterocycles. The van der Waals surface area contributed by atoms with E-state index >= 15 is 0 Å². The van der Waals surface area contributed by atoms with Crippen molar-refractivity contribution in [2.24, 2.45) is 0 Å². The molecule has 0 fully saturated rings. The number of carbonyl (C=O) groups excluding carboxylic acids is 1. The zero-order chi connectivity index (χ0) is 16.0. The monoisotopic (exact) mass is 321 g/mol. The maximum absolute atomic E-state index is 12.7. The van der Waals surface area contributed by atoms with Gasteiger partial charge < -0.3 is 4.90 Å². The van der Waals surface area contributed by atoms with Crippen LogP contribution in [0.1, 0.15) is 42.6 Å². The van der Waals surface area contributed by atoms with Gasteiger partial charge in [-0.05, 0) is 30.5 Å². The Kier molecular flexibility index (Phi) is 6.52. The summed E-state index contributed by atoms with van der Waals surface area (Å²) in [5, 5.41) is 0. The maximum atomic E-state index is 12.7. The minimum absolute atomic E-state index is 0.214. The van der Waals surface area contributed by atoms with Crippen molar-refractivity contribution >= 4 is 17.5 Å². The molecule has 0 heterocycles. The zero-order valence-electron chi connectivity index (χ0n) is 12.1. The molecule has 1 amide bonds. The van der Waals surface area contributed by atoms with E-state index in [1.54, 1.807) is 32.0 Å². The second kappa shape index (κ2) is 7.69. The van der Waals surface area contributed by atoms with E-state index in [-0.39, 0.29) is 11.4 Å². The van der Waals surface area contributed by atoms with Crippen LogP contribution in [0, 0.1) is 0 Å². The standard InChI is InChI=1S/C15H19ClF3NO/c1-3-13(4-2)20(10-15(17,18)19)14(21)12-7-5-6-11(8-12)9-16/h5-8,13H,3-4,9-10H2,1-2H3. The highest BCUT2D eigenvalue weighted by Gasteiger charge is 2.35. The van der Waals surface area contributed by atoms with Crippen LogP contribution in [0.3, 0.4) is 0 Å². The molecule has 0 spiro atoms. The molecule has 0 unspecified atom stereocenters. The summed E-state index contributed by atoms with van der Waals surface area (Å²) >= 11 is 5.70. The molecule has 0 aliphatic rings. The lowest BCUT2D eigenvalue weighted by atomic mass is 10.1. The van der Waals surface area contributed by atoms with Crippen molar-refractivity contribution in [2.45, 2.75) is 44.8 Å². The fourth-order valence-electron chi connectivity index (χ4n) is 2.24. The number of amides is 1. The van der Waals surface area contributed by atoms with Gasteiger partial charge in [-0.25, -0.2) is 0 Å². The van der Waals surface area contributed by atoms with Crippen LogP contribution in [0.5, 0.6) is 0 Å². The Bertz CT molecular complexity index is 472. The molecule has 1 rings (SSSR count). The zero-order valence-corrected chi connectivity index (χ0v) is 12.8. The molecule has 0 aromatic heterocycles. The number of carbonyl (C=O) groups is 1. The lowest BCUT2D eigenvalue weighted by molar-refractivity contribution is -0.144. The Hall–Kier alpha value is -1.23. The number of alkyl halides is 4. The summed E-state index contributed by atoms with van der Waals surface area (Å²) in [5.74, 6) is -0.390. The van der Waals surface area contributed by atoms with Crippen molar-refractivity contribution in [1.82, 2.24) is 4.90 Å². The Labute approximate surface area is 127 Å². The average Bonchev–Trinajstić information content (AvgIpc) is 2.45. The first-order chi connectivity index (χ1) is 9.82. The summed E-state index contributed by atoms with van der Waals surface area (Å²) in [6.07, 6.45) is -3.45. The summed E-state index contributed by atoms with van der Waals surface area (Å²) in [4.78, 5) is 13.3. The first-order valence-corrected chi connectivity index (χ1v) is 7.38. The van der Waals surface area contributed by atoms with Crippen LogP contribution in [0.4, 0.5) is 13.2 Å². The number of halogens is 4. The van der Waals surface area contributed by atoms with Crippen molar-refractivity contribution in [2.75, 3.05) is 6.54 Å². The van der Waals surface area contributed by atoms with Gasteiger partial charge in [0.1, 0.15) is 6.54 Å². The van der Waals surface area contributed by atoms with Crippen molar-refractivity contribution < 1.29 is 18.0 Å². The van der Waals surface area contributed by atoms with Gasteiger partial charge in [-0.3, -0.25) is 4.79 Å². The molecule has 0 saturated heterocycles. The van der Waals surface area contributed by atoms with E-state index in [1.807, 2.05) is 0 Å². The molecular weight excluding hydrogens is 303 g/mol. The van der Waals surface area contributed by atoms with Gasteiger partial charge in [-0.15, -0.1) is 11.6 Å². The van der Waals surface area contributed by atoms with Crippen molar-refractivity contribution in [3.05, 3.63) is 35.4 Å². The molecule has 118 valence electrons. The van der Waals surface area contributed by atoms with Crippen molar-refractivity contribution in [3.8, 4) is 0 Å². The maximum Gasteiger partial charge on any atom is 0.406 e. The predicted molar refractivity (Wildman–Crippen MR) is 77.5 cm³/mol. The van der Waals surface area contributed by atoms with Crippen molar-refractivity contribution in [1.29, 1.82) is 0 Å². The number of rotatable bonds is 6. The largest absolute Gasteiger partial charge is 0.406 e. The number of benzene rings is 1. The van der Waals surface area contributed by atoms with E-state index in [2.05, 4.69) is 0 Å². The third kappa shape index (κ3) is 5.23. The Morgan fingerprint density at radius 3 is 2.38 bits per heavy atom. The quantitative estimate of drug-likeness (QED) is 0.700. The smallest absolute Gasteiger partial charge is 0.327 e. The highest BCUT2D eigenvalue weighted by atomic mass is 35.5. The van der Waals surface area contributed by atoms with E-state index in [0.29, 0.717) is 18.4 Å². The Morgan fingerprint density at radius 1 is 1.29 bits per heavy atom. The van der Waals surface area contributed by atoms with E-state index < -0.39 is 24.7 Å².